The lowest BCUT2D eigenvalue weighted by atomic mass is 10.0. The summed E-state index contributed by atoms with van der Waals surface area (Å²) in [4.78, 5) is 0. The number of hydrogen-bond donors (Lipinski definition) is 0. The van der Waals surface area contributed by atoms with Gasteiger partial charge in [-0.25, -0.2) is 0 Å². The summed E-state index contributed by atoms with van der Waals surface area (Å²) in [6, 6.07) is 0. The van der Waals surface area contributed by atoms with E-state index in [0.29, 0.717) is 0 Å². The molecule has 1 nitrogen and oxygen atoms in total. The van der Waals surface area contributed by atoms with Crippen LogP contribution in [0.2, 0.25) is 0 Å². The van der Waals surface area contributed by atoms with Crippen LogP contribution < -0.4 is 0 Å². The fourth-order valence-electron chi connectivity index (χ4n) is 1.56. The summed E-state index contributed by atoms with van der Waals surface area (Å²) >= 11 is 0. The average molecular weight is 173 g/mol. The lowest BCUT2D eigenvalue weighted by Crippen LogP contribution is -1.84. The molecule has 0 aliphatic heterocycles. The maximum atomic E-state index is 5.51. The van der Waals surface area contributed by atoms with Crippen molar-refractivity contribution in [3.63, 3.8) is 0 Å². The zero-order valence-electron chi connectivity index (χ0n) is 8.27. The Hall–Kier alpha value is -1.24. The zero-order chi connectivity index (χ0) is 9.42. The van der Waals surface area contributed by atoms with E-state index in [0.717, 1.165) is 17.8 Å². The number of furan rings is 1. The molecule has 1 heterocycles. The molecule has 0 unspecified atom stereocenters. The molecule has 0 fully saturated rings. The van der Waals surface area contributed by atoms with E-state index in [9.17, 15) is 0 Å². The lowest BCUT2D eigenvalue weighted by molar-refractivity contribution is 0.550. The molecule has 0 bridgehead atoms. The van der Waals surface area contributed by atoms with Crippen LogP contribution in [0.3, 0.4) is 0 Å². The third kappa shape index (κ3) is 1.24. The van der Waals surface area contributed by atoms with E-state index in [1.807, 2.05) is 6.26 Å². The van der Waals surface area contributed by atoms with Crippen LogP contribution in [0.15, 0.2) is 22.3 Å². The molecule has 0 spiro atoms. The van der Waals surface area contributed by atoms with Crippen molar-refractivity contribution in [1.82, 2.24) is 0 Å². The van der Waals surface area contributed by atoms with Gasteiger partial charge in [0.05, 0.1) is 6.26 Å². The molecule has 1 aromatic rings. The van der Waals surface area contributed by atoms with Crippen molar-refractivity contribution in [1.29, 1.82) is 0 Å². The molecule has 1 aliphatic rings. The first-order valence-electron chi connectivity index (χ1n) is 4.53. The van der Waals surface area contributed by atoms with Gasteiger partial charge in [-0.3, -0.25) is 0 Å². The summed E-state index contributed by atoms with van der Waals surface area (Å²) in [7, 11) is 0. The summed E-state index contributed by atoms with van der Waals surface area (Å²) in [5.74, 6) is 0.990. The van der Waals surface area contributed by atoms with Gasteiger partial charge < -0.3 is 4.42 Å². The van der Waals surface area contributed by atoms with Crippen molar-refractivity contribution >= 4 is 5.57 Å². The third-order valence-corrected chi connectivity index (χ3v) is 2.59. The van der Waals surface area contributed by atoms with Crippen LogP contribution in [-0.2, 0) is 0 Å². The average Bonchev–Trinajstić information content (AvgIpc) is 2.62. The molecule has 1 aliphatic carbocycles. The fourth-order valence-corrected chi connectivity index (χ4v) is 1.56. The quantitative estimate of drug-likeness (QED) is 0.634. The minimum Gasteiger partial charge on any atom is -0.464 e. The van der Waals surface area contributed by atoms with Gasteiger partial charge in [-0.15, -0.1) is 0 Å². The maximum Gasteiger partial charge on any atom is 0.137 e. The van der Waals surface area contributed by atoms with Gasteiger partial charge >= 0.3 is 0 Å². The highest BCUT2D eigenvalue weighted by Gasteiger charge is 2.15. The first-order chi connectivity index (χ1) is 6.20. The van der Waals surface area contributed by atoms with Crippen LogP contribution >= 0.6 is 0 Å². The van der Waals surface area contributed by atoms with Gasteiger partial charge in [-0.2, -0.15) is 0 Å². The number of aryl methyl sites for hydroxylation is 1. The van der Waals surface area contributed by atoms with Gasteiger partial charge in [-0.1, -0.05) is 6.08 Å². The predicted octanol–water partition coefficient (Wildman–Crippen LogP) is 3.43. The lowest BCUT2D eigenvalue weighted by Gasteiger charge is -2.00. The van der Waals surface area contributed by atoms with Crippen molar-refractivity contribution in [3.8, 4) is 0 Å². The minimum absolute atomic E-state index is 0.917. The van der Waals surface area contributed by atoms with Crippen LogP contribution in [0.4, 0.5) is 0 Å². The van der Waals surface area contributed by atoms with E-state index in [4.69, 9.17) is 4.42 Å². The Kier molecular flexibility index (Phi) is 1.87. The molecule has 2 rings (SSSR count). The highest BCUT2D eigenvalue weighted by Crippen LogP contribution is 2.31. The van der Waals surface area contributed by atoms with Gasteiger partial charge in [0.15, 0.2) is 0 Å². The molecule has 1 radical (unpaired) electrons. The Morgan fingerprint density at radius 1 is 1.31 bits per heavy atom. The topological polar surface area (TPSA) is 13.1 Å². The molecule has 0 N–H and O–H groups in total. The number of allylic oxidation sites excluding steroid dienone is 4. The summed E-state index contributed by atoms with van der Waals surface area (Å²) in [5, 5.41) is 0. The van der Waals surface area contributed by atoms with Crippen LogP contribution in [-0.4, -0.2) is 0 Å². The van der Waals surface area contributed by atoms with Crippen molar-refractivity contribution < 1.29 is 4.42 Å². The maximum absolute atomic E-state index is 5.51. The smallest absolute Gasteiger partial charge is 0.137 e. The molecule has 67 valence electrons. The molecule has 0 saturated heterocycles. The molecule has 1 aromatic heterocycles. The summed E-state index contributed by atoms with van der Waals surface area (Å²) in [5.41, 5.74) is 4.86. The zero-order valence-corrected chi connectivity index (χ0v) is 8.27. The molecule has 1 heteroatoms. The second kappa shape index (κ2) is 2.91. The highest BCUT2D eigenvalue weighted by molar-refractivity contribution is 5.78. The first kappa shape index (κ1) is 8.36. The van der Waals surface area contributed by atoms with E-state index in [1.165, 1.54) is 16.7 Å². The van der Waals surface area contributed by atoms with E-state index < -0.39 is 0 Å². The molecule has 13 heavy (non-hydrogen) atoms. The Morgan fingerprint density at radius 3 is 2.54 bits per heavy atom. The van der Waals surface area contributed by atoms with Crippen molar-refractivity contribution in [2.45, 2.75) is 27.2 Å². The van der Waals surface area contributed by atoms with Crippen molar-refractivity contribution in [3.05, 3.63) is 40.9 Å². The predicted molar refractivity (Wildman–Crippen MR) is 53.2 cm³/mol. The van der Waals surface area contributed by atoms with Gasteiger partial charge in [0.2, 0.25) is 0 Å². The fraction of sp³-hybridized carbons (Fsp3) is 0.333. The van der Waals surface area contributed by atoms with E-state index in [1.54, 1.807) is 0 Å². The molecular formula is C12H13O. The third-order valence-electron chi connectivity index (χ3n) is 2.59. The Balaban J connectivity index is 2.47. The summed E-state index contributed by atoms with van der Waals surface area (Å²) in [6.07, 6.45) is 8.21. The SMILES string of the molecule is CC1=CC[C]=C1c1occ(C)c1C. The van der Waals surface area contributed by atoms with Crippen LogP contribution in [0, 0.1) is 19.9 Å². The molecule has 0 amide bonds. The first-order valence-corrected chi connectivity index (χ1v) is 4.53. The second-order valence-corrected chi connectivity index (χ2v) is 3.52. The van der Waals surface area contributed by atoms with Gasteiger partial charge in [-0.05, 0) is 50.0 Å². The number of hydrogen-bond acceptors (Lipinski definition) is 1. The number of rotatable bonds is 1. The Labute approximate surface area is 78.8 Å². The molecular weight excluding hydrogens is 160 g/mol. The van der Waals surface area contributed by atoms with Crippen molar-refractivity contribution in [2.75, 3.05) is 0 Å². The van der Waals surface area contributed by atoms with E-state index in [2.05, 4.69) is 32.9 Å². The molecule has 0 saturated carbocycles. The monoisotopic (exact) mass is 173 g/mol. The van der Waals surface area contributed by atoms with Crippen LogP contribution in [0.1, 0.15) is 30.2 Å². The van der Waals surface area contributed by atoms with Crippen LogP contribution in [0.5, 0.6) is 0 Å². The van der Waals surface area contributed by atoms with Crippen molar-refractivity contribution in [2.24, 2.45) is 0 Å². The van der Waals surface area contributed by atoms with E-state index >= 15 is 0 Å². The molecule has 0 atom stereocenters. The summed E-state index contributed by atoms with van der Waals surface area (Å²) in [6.45, 7) is 6.26. The minimum atomic E-state index is 0.917. The normalized spacial score (nSPS) is 15.9. The summed E-state index contributed by atoms with van der Waals surface area (Å²) < 4.78 is 5.51. The largest absolute Gasteiger partial charge is 0.464 e. The molecule has 0 aromatic carbocycles. The van der Waals surface area contributed by atoms with E-state index in [-0.39, 0.29) is 0 Å². The standard InChI is InChI=1S/C12H13O/c1-8-5-4-6-11(8)12-10(3)9(2)7-13-12/h5,7H,4H2,1-3H3. The highest BCUT2D eigenvalue weighted by atomic mass is 16.3. The van der Waals surface area contributed by atoms with Gasteiger partial charge in [0, 0.05) is 5.57 Å². The van der Waals surface area contributed by atoms with Gasteiger partial charge in [0.1, 0.15) is 5.76 Å². The Bertz CT molecular complexity index is 391. The van der Waals surface area contributed by atoms with Gasteiger partial charge in [0.25, 0.3) is 0 Å². The van der Waals surface area contributed by atoms with Crippen LogP contribution in [0.25, 0.3) is 5.57 Å². The Morgan fingerprint density at radius 2 is 2.08 bits per heavy atom. The second-order valence-electron chi connectivity index (χ2n) is 3.52.